The van der Waals surface area contributed by atoms with Crippen LogP contribution in [-0.2, 0) is 17.9 Å². The Hall–Kier alpha value is -3.72. The summed E-state index contributed by atoms with van der Waals surface area (Å²) in [6, 6.07) is 8.62. The summed E-state index contributed by atoms with van der Waals surface area (Å²) in [6.07, 6.45) is 9.41. The van der Waals surface area contributed by atoms with Gasteiger partial charge in [0.05, 0.1) is 5.56 Å². The molecule has 0 aromatic carbocycles. The Labute approximate surface area is 229 Å². The summed E-state index contributed by atoms with van der Waals surface area (Å²) in [5.41, 5.74) is 4.95. The lowest BCUT2D eigenvalue weighted by molar-refractivity contribution is -0.611. The van der Waals surface area contributed by atoms with Crippen LogP contribution in [0.1, 0.15) is 66.0 Å². The third-order valence-electron chi connectivity index (χ3n) is 8.23. The van der Waals surface area contributed by atoms with Gasteiger partial charge in [-0.2, -0.15) is 4.73 Å². The van der Waals surface area contributed by atoms with Crippen molar-refractivity contribution < 1.29 is 14.3 Å². The highest BCUT2D eigenvalue weighted by molar-refractivity contribution is 6.00. The molecular formula is C30H38N6O3. The van der Waals surface area contributed by atoms with Gasteiger partial charge in [-0.05, 0) is 62.6 Å². The summed E-state index contributed by atoms with van der Waals surface area (Å²) in [6.45, 7) is 6.18. The van der Waals surface area contributed by atoms with Crippen molar-refractivity contribution in [2.75, 3.05) is 18.9 Å². The number of rotatable bonds is 6. The van der Waals surface area contributed by atoms with Gasteiger partial charge in [0.1, 0.15) is 17.6 Å². The third kappa shape index (κ3) is 5.83. The first-order chi connectivity index (χ1) is 18.8. The second-order valence-corrected chi connectivity index (χ2v) is 11.0. The van der Waals surface area contributed by atoms with E-state index in [0.717, 1.165) is 85.3 Å². The van der Waals surface area contributed by atoms with Crippen molar-refractivity contribution >= 4 is 17.6 Å². The molecule has 1 atom stereocenters. The molecule has 9 nitrogen and oxygen atoms in total. The Morgan fingerprint density at radius 3 is 2.54 bits per heavy atom. The standard InChI is InChI=1S/C30H38N6O3/c1-20-14-15-36(39)21(2)27(20)23-10-13-26(31-18-23)32-30(38)28(22-8-6-4-5-7-9-22)33-29(37)25-12-11-24-19-34(3)16-17-35(24)25/h10-15,18,22,28H,4-9,16-17,19H2,1-3H3,(H,33,37)(H,31,32,38)/t28-/m0/s1. The van der Waals surface area contributed by atoms with Crippen LogP contribution in [0.5, 0.6) is 0 Å². The number of fused-ring (bicyclic) bond motifs is 1. The molecule has 1 aliphatic heterocycles. The Balaban J connectivity index is 1.35. The van der Waals surface area contributed by atoms with Crippen molar-refractivity contribution in [2.24, 2.45) is 5.92 Å². The molecule has 1 saturated carbocycles. The molecule has 0 saturated heterocycles. The third-order valence-corrected chi connectivity index (χ3v) is 8.23. The Bertz CT molecular complexity index is 1340. The van der Waals surface area contributed by atoms with E-state index in [1.165, 1.54) is 6.20 Å². The highest BCUT2D eigenvalue weighted by Crippen LogP contribution is 2.28. The minimum atomic E-state index is -0.646. The molecule has 1 aliphatic carbocycles. The summed E-state index contributed by atoms with van der Waals surface area (Å²) in [7, 11) is 2.07. The van der Waals surface area contributed by atoms with Gasteiger partial charge in [0, 0.05) is 50.1 Å². The van der Waals surface area contributed by atoms with Crippen molar-refractivity contribution in [3.05, 3.63) is 70.6 Å². The van der Waals surface area contributed by atoms with Crippen molar-refractivity contribution in [3.8, 4) is 11.1 Å². The highest BCUT2D eigenvalue weighted by atomic mass is 16.5. The number of carbonyl (C=O) groups excluding carboxylic acids is 2. The zero-order chi connectivity index (χ0) is 27.5. The predicted molar refractivity (Wildman–Crippen MR) is 150 cm³/mol. The molecule has 2 aliphatic rings. The number of anilines is 1. The maximum Gasteiger partial charge on any atom is 0.268 e. The molecule has 0 radical (unpaired) electrons. The van der Waals surface area contributed by atoms with Crippen LogP contribution in [0.3, 0.4) is 0 Å². The lowest BCUT2D eigenvalue weighted by Gasteiger charge is -2.28. The molecule has 1 fully saturated rings. The summed E-state index contributed by atoms with van der Waals surface area (Å²) < 4.78 is 2.91. The molecule has 0 unspecified atom stereocenters. The van der Waals surface area contributed by atoms with E-state index in [9.17, 15) is 14.8 Å². The average Bonchev–Trinajstić information content (AvgIpc) is 3.15. The molecular weight excluding hydrogens is 492 g/mol. The fourth-order valence-electron chi connectivity index (χ4n) is 6.02. The van der Waals surface area contributed by atoms with E-state index >= 15 is 0 Å². The van der Waals surface area contributed by atoms with Crippen LogP contribution in [0.2, 0.25) is 0 Å². The number of carbonyl (C=O) groups is 2. The molecule has 5 rings (SSSR count). The molecule has 2 amide bonds. The van der Waals surface area contributed by atoms with Gasteiger partial charge in [-0.15, -0.1) is 0 Å². The van der Waals surface area contributed by atoms with Gasteiger partial charge in [-0.25, -0.2) is 4.98 Å². The molecule has 9 heteroatoms. The van der Waals surface area contributed by atoms with Crippen LogP contribution in [0, 0.1) is 25.0 Å². The smallest absolute Gasteiger partial charge is 0.268 e. The molecule has 3 aromatic heterocycles. The molecule has 0 spiro atoms. The Kier molecular flexibility index (Phi) is 7.97. The highest BCUT2D eigenvalue weighted by Gasteiger charge is 2.32. The monoisotopic (exact) mass is 530 g/mol. The number of aromatic nitrogens is 3. The molecule has 4 heterocycles. The van der Waals surface area contributed by atoms with Gasteiger partial charge in [0.2, 0.25) is 5.91 Å². The fourth-order valence-corrected chi connectivity index (χ4v) is 6.02. The van der Waals surface area contributed by atoms with Gasteiger partial charge in [-0.1, -0.05) is 25.7 Å². The molecule has 206 valence electrons. The summed E-state index contributed by atoms with van der Waals surface area (Å²) in [4.78, 5) is 33.8. The van der Waals surface area contributed by atoms with E-state index in [4.69, 9.17) is 0 Å². The number of amides is 2. The second kappa shape index (κ2) is 11.6. The summed E-state index contributed by atoms with van der Waals surface area (Å²) in [5, 5.41) is 18.2. The first-order valence-corrected chi connectivity index (χ1v) is 14.0. The Morgan fingerprint density at radius 2 is 1.82 bits per heavy atom. The number of pyridine rings is 2. The van der Waals surface area contributed by atoms with E-state index in [1.54, 1.807) is 25.3 Å². The van der Waals surface area contributed by atoms with Gasteiger partial charge < -0.3 is 20.4 Å². The van der Waals surface area contributed by atoms with Crippen LogP contribution >= 0.6 is 0 Å². The topological polar surface area (TPSA) is 106 Å². The normalized spacial score (nSPS) is 17.2. The van der Waals surface area contributed by atoms with Crippen molar-refractivity contribution in [1.82, 2.24) is 19.8 Å². The summed E-state index contributed by atoms with van der Waals surface area (Å²) in [5.74, 6) is 0.0327. The number of hydrogen-bond acceptors (Lipinski definition) is 5. The minimum absolute atomic E-state index is 0.0692. The number of aryl methyl sites for hydroxylation is 1. The molecule has 3 aromatic rings. The van der Waals surface area contributed by atoms with Gasteiger partial charge >= 0.3 is 0 Å². The molecule has 0 bridgehead atoms. The predicted octanol–water partition coefficient (Wildman–Crippen LogP) is 3.95. The Morgan fingerprint density at radius 1 is 1.05 bits per heavy atom. The van der Waals surface area contributed by atoms with Crippen LogP contribution in [0.25, 0.3) is 11.1 Å². The number of likely N-dealkylation sites (N-methyl/N-ethyl adjacent to an activating group) is 1. The van der Waals surface area contributed by atoms with E-state index in [1.807, 2.05) is 25.1 Å². The fraction of sp³-hybridized carbons (Fsp3) is 0.467. The minimum Gasteiger partial charge on any atom is -0.618 e. The second-order valence-electron chi connectivity index (χ2n) is 11.0. The number of nitrogens with one attached hydrogen (secondary N) is 2. The SMILES string of the molecule is Cc1cc[n+]([O-])c(C)c1-c1ccc(NC(=O)[C@@H](NC(=O)c2ccc3n2CCN(C)C3)C2CCCCCC2)nc1. The quantitative estimate of drug-likeness (QED) is 0.285. The lowest BCUT2D eigenvalue weighted by Crippen LogP contribution is -2.49. The van der Waals surface area contributed by atoms with Crippen LogP contribution in [-0.4, -0.2) is 45.9 Å². The van der Waals surface area contributed by atoms with E-state index in [-0.39, 0.29) is 17.7 Å². The zero-order valence-electron chi connectivity index (χ0n) is 23.1. The largest absolute Gasteiger partial charge is 0.618 e. The first kappa shape index (κ1) is 26.9. The molecule has 2 N–H and O–H groups in total. The van der Waals surface area contributed by atoms with Gasteiger partial charge in [0.15, 0.2) is 11.9 Å². The van der Waals surface area contributed by atoms with E-state index in [2.05, 4.69) is 32.1 Å². The number of hydrogen-bond donors (Lipinski definition) is 2. The van der Waals surface area contributed by atoms with Crippen molar-refractivity contribution in [2.45, 2.75) is 71.5 Å². The average molecular weight is 531 g/mol. The lowest BCUT2D eigenvalue weighted by atomic mass is 9.91. The molecule has 39 heavy (non-hydrogen) atoms. The maximum absolute atomic E-state index is 13.6. The first-order valence-electron chi connectivity index (χ1n) is 14.0. The van der Waals surface area contributed by atoms with E-state index in [0.29, 0.717) is 17.2 Å². The summed E-state index contributed by atoms with van der Waals surface area (Å²) >= 11 is 0. The van der Waals surface area contributed by atoms with Gasteiger partial charge in [-0.3, -0.25) is 14.5 Å². The van der Waals surface area contributed by atoms with E-state index < -0.39 is 6.04 Å². The zero-order valence-corrected chi connectivity index (χ0v) is 23.1. The van der Waals surface area contributed by atoms with Crippen molar-refractivity contribution in [1.29, 1.82) is 0 Å². The van der Waals surface area contributed by atoms with Crippen LogP contribution < -0.4 is 15.4 Å². The van der Waals surface area contributed by atoms with Gasteiger partial charge in [0.25, 0.3) is 5.91 Å². The van der Waals surface area contributed by atoms with Crippen molar-refractivity contribution in [3.63, 3.8) is 0 Å². The van der Waals surface area contributed by atoms with Crippen LogP contribution in [0.4, 0.5) is 5.82 Å². The van der Waals surface area contributed by atoms with Crippen LogP contribution in [0.15, 0.2) is 42.7 Å². The number of nitrogens with zero attached hydrogens (tertiary/aromatic N) is 4. The maximum atomic E-state index is 13.6.